The van der Waals surface area contributed by atoms with Gasteiger partial charge in [0.2, 0.25) is 0 Å². The molecule has 0 saturated carbocycles. The summed E-state index contributed by atoms with van der Waals surface area (Å²) in [6.45, 7) is 0.537. The van der Waals surface area contributed by atoms with Gasteiger partial charge in [0.15, 0.2) is 0 Å². The number of imidazole rings is 1. The molecule has 0 aliphatic carbocycles. The zero-order valence-corrected chi connectivity index (χ0v) is 11.2. The molecule has 7 N–H and O–H groups in total. The van der Waals surface area contributed by atoms with Gasteiger partial charge in [-0.1, -0.05) is 6.42 Å². The molecule has 0 aliphatic rings. The molecule has 8 heteroatoms. The predicted octanol–water partition coefficient (Wildman–Crippen LogP) is -1.19. The number of H-pyrrole nitrogens is 1. The van der Waals surface area contributed by atoms with Gasteiger partial charge in [0, 0.05) is 18.3 Å². The Kier molecular flexibility index (Phi) is 6.85. The van der Waals surface area contributed by atoms with Crippen molar-refractivity contribution in [2.45, 2.75) is 37.8 Å². The molecule has 1 aromatic rings. The van der Waals surface area contributed by atoms with Crippen molar-refractivity contribution in [2.75, 3.05) is 6.54 Å². The maximum atomic E-state index is 11.6. The lowest BCUT2D eigenvalue weighted by atomic mass is 10.1. The van der Waals surface area contributed by atoms with Gasteiger partial charge in [0.1, 0.15) is 12.1 Å². The molecule has 0 saturated heterocycles. The molecule has 0 radical (unpaired) electrons. The van der Waals surface area contributed by atoms with Crippen molar-refractivity contribution in [3.05, 3.63) is 18.2 Å². The highest BCUT2D eigenvalue weighted by Gasteiger charge is 2.23. The molecule has 112 valence electrons. The van der Waals surface area contributed by atoms with Crippen LogP contribution in [0.15, 0.2) is 12.5 Å². The third kappa shape index (κ3) is 5.47. The second-order valence-corrected chi connectivity index (χ2v) is 4.52. The number of nitrogens with two attached hydrogens (primary N) is 3. The normalized spacial score (nSPS) is 13.8. The van der Waals surface area contributed by atoms with Crippen LogP contribution in [0.25, 0.3) is 0 Å². The van der Waals surface area contributed by atoms with Gasteiger partial charge in [-0.2, -0.15) is 0 Å². The van der Waals surface area contributed by atoms with Gasteiger partial charge in [-0.25, -0.2) is 14.6 Å². The summed E-state index contributed by atoms with van der Waals surface area (Å²) in [5.74, 6) is -1.55. The van der Waals surface area contributed by atoms with E-state index in [1.807, 2.05) is 0 Å². The Balaban J connectivity index is 2.34. The number of rotatable bonds is 8. The Bertz CT molecular complexity index is 421. The lowest BCUT2D eigenvalue weighted by Crippen LogP contribution is -2.40. The lowest BCUT2D eigenvalue weighted by molar-refractivity contribution is -0.161. The summed E-state index contributed by atoms with van der Waals surface area (Å²) in [7, 11) is 0. The number of esters is 2. The first kappa shape index (κ1) is 16.3. The first-order valence-electron chi connectivity index (χ1n) is 6.48. The third-order valence-corrected chi connectivity index (χ3v) is 2.77. The summed E-state index contributed by atoms with van der Waals surface area (Å²) < 4.78 is 4.66. The van der Waals surface area contributed by atoms with Gasteiger partial charge in [-0.15, -0.1) is 0 Å². The molecule has 20 heavy (non-hydrogen) atoms. The number of carbonyl (C=O) groups excluding carboxylic acids is 2. The van der Waals surface area contributed by atoms with E-state index in [9.17, 15) is 9.59 Å². The average Bonchev–Trinajstić information content (AvgIpc) is 2.91. The number of hydrogen-bond donors (Lipinski definition) is 4. The van der Waals surface area contributed by atoms with E-state index in [1.54, 1.807) is 6.20 Å². The van der Waals surface area contributed by atoms with Crippen LogP contribution in [0.2, 0.25) is 0 Å². The Hall–Kier alpha value is -1.77. The highest BCUT2D eigenvalue weighted by atomic mass is 16.6. The van der Waals surface area contributed by atoms with Crippen LogP contribution >= 0.6 is 0 Å². The van der Waals surface area contributed by atoms with Gasteiger partial charge in [0.05, 0.1) is 6.33 Å². The molecular weight excluding hydrogens is 262 g/mol. The van der Waals surface area contributed by atoms with Crippen molar-refractivity contribution >= 4 is 11.9 Å². The molecule has 8 nitrogen and oxygen atoms in total. The topological polar surface area (TPSA) is 150 Å². The minimum absolute atomic E-state index is 0.217. The van der Waals surface area contributed by atoms with Gasteiger partial charge in [-0.3, -0.25) is 0 Å². The summed E-state index contributed by atoms with van der Waals surface area (Å²) in [4.78, 5) is 29.8. The molecule has 0 fully saturated rings. The summed E-state index contributed by atoms with van der Waals surface area (Å²) >= 11 is 0. The first-order valence-corrected chi connectivity index (χ1v) is 6.48. The van der Waals surface area contributed by atoms with Gasteiger partial charge >= 0.3 is 11.9 Å². The van der Waals surface area contributed by atoms with Crippen LogP contribution in [0.4, 0.5) is 0 Å². The van der Waals surface area contributed by atoms with Crippen molar-refractivity contribution < 1.29 is 14.3 Å². The Morgan fingerprint density at radius 1 is 1.25 bits per heavy atom. The van der Waals surface area contributed by atoms with Crippen LogP contribution in [0.3, 0.4) is 0 Å². The number of aromatic nitrogens is 2. The van der Waals surface area contributed by atoms with Crippen LogP contribution < -0.4 is 17.2 Å². The van der Waals surface area contributed by atoms with E-state index in [4.69, 9.17) is 17.2 Å². The van der Waals surface area contributed by atoms with Crippen LogP contribution in [0.5, 0.6) is 0 Å². The fraction of sp³-hybridized carbons (Fsp3) is 0.583. The number of nitrogens with one attached hydrogen (secondary N) is 1. The molecule has 0 bridgehead atoms. The van der Waals surface area contributed by atoms with Gasteiger partial charge in [0.25, 0.3) is 0 Å². The molecule has 1 aromatic heterocycles. The largest absolute Gasteiger partial charge is 0.391 e. The molecule has 1 rings (SSSR count). The van der Waals surface area contributed by atoms with E-state index in [0.29, 0.717) is 25.1 Å². The maximum absolute atomic E-state index is 11.6. The average molecular weight is 283 g/mol. The van der Waals surface area contributed by atoms with E-state index in [2.05, 4.69) is 14.7 Å². The zero-order chi connectivity index (χ0) is 15.0. The second-order valence-electron chi connectivity index (χ2n) is 4.52. The third-order valence-electron chi connectivity index (χ3n) is 2.77. The van der Waals surface area contributed by atoms with Gasteiger partial charge in [-0.05, 0) is 19.4 Å². The van der Waals surface area contributed by atoms with Crippen LogP contribution in [0.1, 0.15) is 25.0 Å². The molecule has 0 aromatic carbocycles. The van der Waals surface area contributed by atoms with Crippen LogP contribution in [-0.4, -0.2) is 40.5 Å². The smallest absolute Gasteiger partial charge is 0.330 e. The molecular formula is C12H21N5O3. The van der Waals surface area contributed by atoms with Crippen molar-refractivity contribution in [1.82, 2.24) is 9.97 Å². The van der Waals surface area contributed by atoms with E-state index in [1.165, 1.54) is 6.33 Å². The minimum Gasteiger partial charge on any atom is -0.391 e. The fourth-order valence-electron chi connectivity index (χ4n) is 1.59. The molecule has 1 heterocycles. The molecule has 0 aliphatic heterocycles. The van der Waals surface area contributed by atoms with Crippen LogP contribution in [-0.2, 0) is 20.7 Å². The molecule has 0 spiro atoms. The zero-order valence-electron chi connectivity index (χ0n) is 11.2. The first-order chi connectivity index (χ1) is 9.54. The number of hydrogen-bond acceptors (Lipinski definition) is 7. The van der Waals surface area contributed by atoms with Crippen molar-refractivity contribution in [3.8, 4) is 0 Å². The van der Waals surface area contributed by atoms with Crippen molar-refractivity contribution in [3.63, 3.8) is 0 Å². The predicted molar refractivity (Wildman–Crippen MR) is 72.2 cm³/mol. The van der Waals surface area contributed by atoms with Crippen molar-refractivity contribution in [2.24, 2.45) is 17.2 Å². The minimum atomic E-state index is -0.935. The highest BCUT2D eigenvalue weighted by Crippen LogP contribution is 2.03. The molecule has 0 amide bonds. The Morgan fingerprint density at radius 2 is 1.95 bits per heavy atom. The second kappa shape index (κ2) is 8.41. The quantitative estimate of drug-likeness (QED) is 0.266. The van der Waals surface area contributed by atoms with E-state index in [-0.39, 0.29) is 6.42 Å². The Labute approximate surface area is 117 Å². The van der Waals surface area contributed by atoms with Crippen molar-refractivity contribution in [1.29, 1.82) is 0 Å². The SMILES string of the molecule is NCCCC[C@@H](N)C(=O)OC(=O)[C@@H](N)Cc1cnc[nH]1. The standard InChI is InChI=1S/C12H21N5O3/c13-4-2-1-3-9(14)11(18)20-12(19)10(15)5-8-6-16-7-17-8/h6-7,9-10H,1-5,13-15H2,(H,16,17)/t9-,10+/m1/s1. The summed E-state index contributed by atoms with van der Waals surface area (Å²) in [6, 6.07) is -1.76. The molecule has 0 unspecified atom stereocenters. The van der Waals surface area contributed by atoms with E-state index < -0.39 is 24.0 Å². The summed E-state index contributed by atoms with van der Waals surface area (Å²) in [6.07, 6.45) is 5.16. The highest BCUT2D eigenvalue weighted by molar-refractivity contribution is 5.90. The maximum Gasteiger partial charge on any atom is 0.330 e. The van der Waals surface area contributed by atoms with E-state index >= 15 is 0 Å². The van der Waals surface area contributed by atoms with E-state index in [0.717, 1.165) is 6.42 Å². The van der Waals surface area contributed by atoms with Gasteiger partial charge < -0.3 is 26.9 Å². The number of nitrogens with zero attached hydrogens (tertiary/aromatic N) is 1. The Morgan fingerprint density at radius 3 is 2.55 bits per heavy atom. The monoisotopic (exact) mass is 283 g/mol. The summed E-state index contributed by atoms with van der Waals surface area (Å²) in [5, 5.41) is 0. The van der Waals surface area contributed by atoms with Crippen LogP contribution in [0, 0.1) is 0 Å². The summed E-state index contributed by atoms with van der Waals surface area (Å²) in [5.41, 5.74) is 17.3. The number of carbonyl (C=O) groups is 2. The lowest BCUT2D eigenvalue weighted by Gasteiger charge is -2.12. The number of ether oxygens (including phenoxy) is 1. The fourth-order valence-corrected chi connectivity index (χ4v) is 1.59. The number of unbranched alkanes of at least 4 members (excludes halogenated alkanes) is 1. The molecule has 2 atom stereocenters. The number of aromatic amines is 1.